The largest absolute Gasteiger partial charge is 0.383 e. The molecule has 0 aliphatic carbocycles. The SMILES string of the molecule is Nc1ncc(Br)cc1C(=O)NCCc1ccc(Br)s1. The second-order valence-corrected chi connectivity index (χ2v) is 7.26. The van der Waals surface area contributed by atoms with Crippen molar-refractivity contribution in [1.82, 2.24) is 10.3 Å². The Morgan fingerprint density at radius 3 is 2.89 bits per heavy atom. The Morgan fingerprint density at radius 1 is 1.42 bits per heavy atom. The number of hydrogen-bond acceptors (Lipinski definition) is 4. The van der Waals surface area contributed by atoms with Crippen LogP contribution in [0.1, 0.15) is 15.2 Å². The smallest absolute Gasteiger partial charge is 0.255 e. The Hall–Kier alpha value is -0.920. The Balaban J connectivity index is 1.92. The predicted octanol–water partition coefficient (Wildman–Crippen LogP) is 3.22. The maximum atomic E-state index is 12.0. The third kappa shape index (κ3) is 4.02. The molecule has 0 saturated carbocycles. The molecule has 2 rings (SSSR count). The average Bonchev–Trinajstić information content (AvgIpc) is 2.78. The predicted molar refractivity (Wildman–Crippen MR) is 84.4 cm³/mol. The fraction of sp³-hybridized carbons (Fsp3) is 0.167. The highest BCUT2D eigenvalue weighted by Gasteiger charge is 2.11. The molecule has 4 nitrogen and oxygen atoms in total. The first-order chi connectivity index (χ1) is 9.06. The van der Waals surface area contributed by atoms with Crippen molar-refractivity contribution < 1.29 is 4.79 Å². The summed E-state index contributed by atoms with van der Waals surface area (Å²) in [6.07, 6.45) is 2.36. The van der Waals surface area contributed by atoms with E-state index in [1.807, 2.05) is 12.1 Å². The van der Waals surface area contributed by atoms with Crippen molar-refractivity contribution in [3.05, 3.63) is 43.1 Å². The molecule has 1 amide bonds. The van der Waals surface area contributed by atoms with Crippen LogP contribution < -0.4 is 11.1 Å². The summed E-state index contributed by atoms with van der Waals surface area (Å²) in [5.74, 6) is 0.0292. The molecule has 19 heavy (non-hydrogen) atoms. The molecule has 2 heterocycles. The van der Waals surface area contributed by atoms with Crippen LogP contribution in [0.3, 0.4) is 0 Å². The summed E-state index contributed by atoms with van der Waals surface area (Å²) in [6, 6.07) is 5.70. The van der Waals surface area contributed by atoms with Gasteiger partial charge in [0.1, 0.15) is 5.82 Å². The Bertz CT molecular complexity index is 600. The summed E-state index contributed by atoms with van der Waals surface area (Å²) in [5, 5.41) is 2.84. The fourth-order valence-corrected chi connectivity index (χ4v) is 3.33. The number of nitrogen functional groups attached to an aromatic ring is 1. The molecule has 0 fully saturated rings. The number of thiophene rings is 1. The van der Waals surface area contributed by atoms with E-state index in [0.29, 0.717) is 12.1 Å². The third-order valence-corrected chi connectivity index (χ3v) is 4.53. The van der Waals surface area contributed by atoms with E-state index < -0.39 is 0 Å². The van der Waals surface area contributed by atoms with Crippen molar-refractivity contribution in [2.24, 2.45) is 0 Å². The van der Waals surface area contributed by atoms with E-state index in [0.717, 1.165) is 14.7 Å². The maximum Gasteiger partial charge on any atom is 0.255 e. The molecule has 0 radical (unpaired) electrons. The van der Waals surface area contributed by atoms with Gasteiger partial charge in [0.2, 0.25) is 0 Å². The molecule has 0 saturated heterocycles. The molecule has 0 bridgehead atoms. The second kappa shape index (κ2) is 6.49. The highest BCUT2D eigenvalue weighted by atomic mass is 79.9. The number of pyridine rings is 1. The highest BCUT2D eigenvalue weighted by molar-refractivity contribution is 9.11. The number of nitrogens with one attached hydrogen (secondary N) is 1. The number of nitrogens with two attached hydrogens (primary N) is 1. The van der Waals surface area contributed by atoms with Crippen molar-refractivity contribution in [2.75, 3.05) is 12.3 Å². The second-order valence-electron chi connectivity index (χ2n) is 3.80. The molecule has 0 aliphatic heterocycles. The van der Waals surface area contributed by atoms with Crippen molar-refractivity contribution in [3.8, 4) is 0 Å². The van der Waals surface area contributed by atoms with Gasteiger partial charge in [0.15, 0.2) is 0 Å². The van der Waals surface area contributed by atoms with Crippen LogP contribution in [0.2, 0.25) is 0 Å². The van der Waals surface area contributed by atoms with E-state index in [1.165, 1.54) is 4.88 Å². The molecule has 0 spiro atoms. The lowest BCUT2D eigenvalue weighted by Crippen LogP contribution is -2.26. The molecule has 0 unspecified atom stereocenters. The Kier molecular flexibility index (Phi) is 4.95. The van der Waals surface area contributed by atoms with E-state index in [4.69, 9.17) is 5.73 Å². The summed E-state index contributed by atoms with van der Waals surface area (Å²) in [7, 11) is 0. The van der Waals surface area contributed by atoms with E-state index in [1.54, 1.807) is 23.6 Å². The molecule has 2 aromatic rings. The summed E-state index contributed by atoms with van der Waals surface area (Å²) in [5.41, 5.74) is 6.07. The zero-order valence-corrected chi connectivity index (χ0v) is 13.8. The molecular weight excluding hydrogens is 394 g/mol. The van der Waals surface area contributed by atoms with Gasteiger partial charge >= 0.3 is 0 Å². The number of carbonyl (C=O) groups excluding carboxylic acids is 1. The molecule has 2 aromatic heterocycles. The van der Waals surface area contributed by atoms with Crippen molar-refractivity contribution >= 4 is 54.9 Å². The third-order valence-electron chi connectivity index (χ3n) is 2.42. The molecular formula is C12H11Br2N3OS. The minimum absolute atomic E-state index is 0.207. The lowest BCUT2D eigenvalue weighted by Gasteiger charge is -2.06. The minimum Gasteiger partial charge on any atom is -0.383 e. The molecule has 0 atom stereocenters. The minimum atomic E-state index is -0.207. The monoisotopic (exact) mass is 403 g/mol. The lowest BCUT2D eigenvalue weighted by atomic mass is 10.2. The first-order valence-corrected chi connectivity index (χ1v) is 7.90. The van der Waals surface area contributed by atoms with Crippen LogP contribution in [0.25, 0.3) is 0 Å². The van der Waals surface area contributed by atoms with Gasteiger partial charge < -0.3 is 11.1 Å². The average molecular weight is 405 g/mol. The van der Waals surface area contributed by atoms with Crippen LogP contribution in [-0.2, 0) is 6.42 Å². The van der Waals surface area contributed by atoms with Gasteiger partial charge in [-0.2, -0.15) is 0 Å². The number of nitrogens with zero attached hydrogens (tertiary/aromatic N) is 1. The number of halogens is 2. The number of aromatic nitrogens is 1. The van der Waals surface area contributed by atoms with Gasteiger partial charge in [0, 0.05) is 22.1 Å². The van der Waals surface area contributed by atoms with Crippen LogP contribution in [0.5, 0.6) is 0 Å². The first-order valence-electron chi connectivity index (χ1n) is 5.49. The van der Waals surface area contributed by atoms with Gasteiger partial charge in [-0.3, -0.25) is 4.79 Å². The van der Waals surface area contributed by atoms with Gasteiger partial charge in [0.05, 0.1) is 9.35 Å². The van der Waals surface area contributed by atoms with E-state index in [2.05, 4.69) is 42.2 Å². The van der Waals surface area contributed by atoms with Crippen LogP contribution in [-0.4, -0.2) is 17.4 Å². The van der Waals surface area contributed by atoms with Gasteiger partial charge in [0.25, 0.3) is 5.91 Å². The Labute approximate surface area is 131 Å². The number of anilines is 1. The standard InChI is InChI=1S/C12H11Br2N3OS/c13-7-5-9(11(15)17-6-7)12(18)16-4-3-8-1-2-10(14)19-8/h1-2,5-6H,3-4H2,(H2,15,17)(H,16,18). The van der Waals surface area contributed by atoms with Crippen LogP contribution >= 0.6 is 43.2 Å². The summed E-state index contributed by atoms with van der Waals surface area (Å²) in [6.45, 7) is 0.567. The topological polar surface area (TPSA) is 68.0 Å². The number of hydrogen-bond donors (Lipinski definition) is 2. The van der Waals surface area contributed by atoms with E-state index in [-0.39, 0.29) is 11.7 Å². The van der Waals surface area contributed by atoms with Crippen molar-refractivity contribution in [3.63, 3.8) is 0 Å². The lowest BCUT2D eigenvalue weighted by molar-refractivity contribution is 0.0955. The molecule has 3 N–H and O–H groups in total. The van der Waals surface area contributed by atoms with E-state index in [9.17, 15) is 4.79 Å². The van der Waals surface area contributed by atoms with Crippen LogP contribution in [0.4, 0.5) is 5.82 Å². The zero-order chi connectivity index (χ0) is 13.8. The van der Waals surface area contributed by atoms with Crippen molar-refractivity contribution in [1.29, 1.82) is 0 Å². The van der Waals surface area contributed by atoms with Gasteiger partial charge in [-0.25, -0.2) is 4.98 Å². The van der Waals surface area contributed by atoms with Crippen molar-refractivity contribution in [2.45, 2.75) is 6.42 Å². The van der Waals surface area contributed by atoms with Gasteiger partial charge in [-0.1, -0.05) is 0 Å². The zero-order valence-electron chi connectivity index (χ0n) is 9.82. The molecule has 0 aromatic carbocycles. The molecule has 100 valence electrons. The first kappa shape index (κ1) is 14.5. The summed E-state index contributed by atoms with van der Waals surface area (Å²) < 4.78 is 1.82. The summed E-state index contributed by atoms with van der Waals surface area (Å²) >= 11 is 8.34. The normalized spacial score (nSPS) is 10.4. The molecule has 0 aliphatic rings. The summed E-state index contributed by atoms with van der Waals surface area (Å²) in [4.78, 5) is 17.1. The molecule has 7 heteroatoms. The number of carbonyl (C=O) groups is 1. The number of amides is 1. The maximum absolute atomic E-state index is 12.0. The highest BCUT2D eigenvalue weighted by Crippen LogP contribution is 2.22. The fourth-order valence-electron chi connectivity index (χ4n) is 1.51. The Morgan fingerprint density at radius 2 is 2.21 bits per heavy atom. The van der Waals surface area contributed by atoms with Gasteiger partial charge in [-0.05, 0) is 56.5 Å². The van der Waals surface area contributed by atoms with E-state index >= 15 is 0 Å². The van der Waals surface area contributed by atoms with Crippen LogP contribution in [0, 0.1) is 0 Å². The van der Waals surface area contributed by atoms with Gasteiger partial charge in [-0.15, -0.1) is 11.3 Å². The quantitative estimate of drug-likeness (QED) is 0.821. The van der Waals surface area contributed by atoms with Crippen LogP contribution in [0.15, 0.2) is 32.7 Å². The number of rotatable bonds is 4.